The van der Waals surface area contributed by atoms with Crippen molar-refractivity contribution in [2.75, 3.05) is 24.6 Å². The number of aliphatic hydroxyl groups is 1. The van der Waals surface area contributed by atoms with E-state index in [1.807, 2.05) is 24.3 Å². The first kappa shape index (κ1) is 10.7. The van der Waals surface area contributed by atoms with Crippen LogP contribution < -0.4 is 10.6 Å². The maximum absolute atomic E-state index is 9.16. The maximum atomic E-state index is 9.16. The highest BCUT2D eigenvalue weighted by molar-refractivity contribution is 6.30. The van der Waals surface area contributed by atoms with Gasteiger partial charge in [-0.15, -0.1) is 0 Å². The van der Waals surface area contributed by atoms with Crippen LogP contribution in [0.4, 0.5) is 5.69 Å². The Balaban J connectivity index is 2.11. The molecule has 15 heavy (non-hydrogen) atoms. The second-order valence-corrected chi connectivity index (χ2v) is 4.60. The number of nitrogens with zero attached hydrogens (tertiary/aromatic N) is 1. The zero-order valence-corrected chi connectivity index (χ0v) is 9.24. The Labute approximate surface area is 94.4 Å². The van der Waals surface area contributed by atoms with Crippen LogP contribution in [0.2, 0.25) is 5.02 Å². The average molecular weight is 227 g/mol. The van der Waals surface area contributed by atoms with Crippen LogP contribution in [-0.2, 0) is 0 Å². The summed E-state index contributed by atoms with van der Waals surface area (Å²) in [6, 6.07) is 7.69. The maximum Gasteiger partial charge on any atom is 0.0629 e. The summed E-state index contributed by atoms with van der Waals surface area (Å²) >= 11 is 5.82. The predicted molar refractivity (Wildman–Crippen MR) is 62.3 cm³/mol. The fraction of sp³-hybridized carbons (Fsp3) is 0.455. The highest BCUT2D eigenvalue weighted by Crippen LogP contribution is 2.25. The minimum absolute atomic E-state index is 0.0388. The summed E-state index contributed by atoms with van der Waals surface area (Å²) in [6.45, 7) is 1.63. The van der Waals surface area contributed by atoms with Gasteiger partial charge in [-0.3, -0.25) is 0 Å². The standard InChI is InChI=1S/C11H15ClN2O/c12-9-1-3-10(4-2-9)14-6-5-11(13,7-14)8-15/h1-4,15H,5-8,13H2. The van der Waals surface area contributed by atoms with Crippen LogP contribution in [0, 0.1) is 0 Å². The van der Waals surface area contributed by atoms with Crippen LogP contribution in [0.5, 0.6) is 0 Å². The van der Waals surface area contributed by atoms with E-state index in [0.29, 0.717) is 6.54 Å². The van der Waals surface area contributed by atoms with Crippen molar-refractivity contribution < 1.29 is 5.11 Å². The van der Waals surface area contributed by atoms with E-state index in [2.05, 4.69) is 4.90 Å². The molecule has 3 N–H and O–H groups in total. The van der Waals surface area contributed by atoms with Gasteiger partial charge in [0.1, 0.15) is 0 Å². The van der Waals surface area contributed by atoms with E-state index in [4.69, 9.17) is 22.4 Å². The van der Waals surface area contributed by atoms with E-state index in [9.17, 15) is 0 Å². The van der Waals surface area contributed by atoms with Crippen LogP contribution in [0.1, 0.15) is 6.42 Å². The smallest absolute Gasteiger partial charge is 0.0629 e. The van der Waals surface area contributed by atoms with E-state index in [1.54, 1.807) is 0 Å². The Hall–Kier alpha value is -0.770. The predicted octanol–water partition coefficient (Wildman–Crippen LogP) is 1.24. The number of anilines is 1. The first-order chi connectivity index (χ1) is 7.13. The SMILES string of the molecule is NC1(CO)CCN(c2ccc(Cl)cc2)C1. The second kappa shape index (κ2) is 4.00. The minimum atomic E-state index is -0.445. The number of hydrogen-bond acceptors (Lipinski definition) is 3. The van der Waals surface area contributed by atoms with Gasteiger partial charge in [-0.1, -0.05) is 11.6 Å². The van der Waals surface area contributed by atoms with Gasteiger partial charge < -0.3 is 15.7 Å². The number of nitrogens with two attached hydrogens (primary N) is 1. The molecule has 2 rings (SSSR count). The van der Waals surface area contributed by atoms with Crippen LogP contribution >= 0.6 is 11.6 Å². The number of rotatable bonds is 2. The van der Waals surface area contributed by atoms with Gasteiger partial charge in [-0.2, -0.15) is 0 Å². The molecule has 0 amide bonds. The molecular formula is C11H15ClN2O. The molecule has 82 valence electrons. The van der Waals surface area contributed by atoms with Gasteiger partial charge >= 0.3 is 0 Å². The van der Waals surface area contributed by atoms with Crippen molar-refractivity contribution in [1.82, 2.24) is 0 Å². The Morgan fingerprint density at radius 1 is 1.40 bits per heavy atom. The quantitative estimate of drug-likeness (QED) is 0.798. The first-order valence-electron chi connectivity index (χ1n) is 5.03. The van der Waals surface area contributed by atoms with Crippen LogP contribution in [0.15, 0.2) is 24.3 Å². The van der Waals surface area contributed by atoms with Gasteiger partial charge in [-0.25, -0.2) is 0 Å². The Bertz CT molecular complexity index is 341. The number of aliphatic hydroxyl groups excluding tert-OH is 1. The zero-order valence-electron chi connectivity index (χ0n) is 8.49. The van der Waals surface area contributed by atoms with Gasteiger partial charge in [0.2, 0.25) is 0 Å². The second-order valence-electron chi connectivity index (χ2n) is 4.17. The third kappa shape index (κ3) is 2.25. The molecule has 1 heterocycles. The Morgan fingerprint density at radius 2 is 2.07 bits per heavy atom. The third-order valence-corrected chi connectivity index (χ3v) is 3.14. The summed E-state index contributed by atoms with van der Waals surface area (Å²) in [4.78, 5) is 2.17. The molecule has 4 heteroatoms. The molecule has 1 aliphatic rings. The van der Waals surface area contributed by atoms with Crippen molar-refractivity contribution in [3.05, 3.63) is 29.3 Å². The number of halogens is 1. The minimum Gasteiger partial charge on any atom is -0.394 e. The molecule has 0 bridgehead atoms. The third-order valence-electron chi connectivity index (χ3n) is 2.89. The molecule has 3 nitrogen and oxygen atoms in total. The molecule has 1 fully saturated rings. The monoisotopic (exact) mass is 226 g/mol. The molecule has 0 spiro atoms. The van der Waals surface area contributed by atoms with Crippen LogP contribution in [0.3, 0.4) is 0 Å². The van der Waals surface area contributed by atoms with Crippen molar-refractivity contribution in [3.8, 4) is 0 Å². The number of hydrogen-bond donors (Lipinski definition) is 2. The molecule has 1 aromatic rings. The van der Waals surface area contributed by atoms with Crippen molar-refractivity contribution in [1.29, 1.82) is 0 Å². The summed E-state index contributed by atoms with van der Waals surface area (Å²) in [5.74, 6) is 0. The lowest BCUT2D eigenvalue weighted by Crippen LogP contribution is -2.46. The Morgan fingerprint density at radius 3 is 2.60 bits per heavy atom. The van der Waals surface area contributed by atoms with E-state index >= 15 is 0 Å². The lowest BCUT2D eigenvalue weighted by Gasteiger charge is -2.23. The summed E-state index contributed by atoms with van der Waals surface area (Å²) in [5.41, 5.74) is 6.66. The fourth-order valence-electron chi connectivity index (χ4n) is 1.90. The molecule has 1 unspecified atom stereocenters. The Kier molecular flexibility index (Phi) is 2.87. The van der Waals surface area contributed by atoms with E-state index in [-0.39, 0.29) is 6.61 Å². The van der Waals surface area contributed by atoms with Crippen molar-refractivity contribution in [2.24, 2.45) is 5.73 Å². The number of benzene rings is 1. The van der Waals surface area contributed by atoms with E-state index in [1.165, 1.54) is 0 Å². The normalized spacial score (nSPS) is 25.9. The summed E-state index contributed by atoms with van der Waals surface area (Å²) in [7, 11) is 0. The zero-order chi connectivity index (χ0) is 10.9. The van der Waals surface area contributed by atoms with Gasteiger partial charge in [-0.05, 0) is 30.7 Å². The highest BCUT2D eigenvalue weighted by atomic mass is 35.5. The van der Waals surface area contributed by atoms with Crippen molar-refractivity contribution >= 4 is 17.3 Å². The highest BCUT2D eigenvalue weighted by Gasteiger charge is 2.33. The average Bonchev–Trinajstić information content (AvgIpc) is 2.63. The van der Waals surface area contributed by atoms with E-state index < -0.39 is 5.54 Å². The molecule has 1 saturated heterocycles. The van der Waals surface area contributed by atoms with Gasteiger partial charge in [0.15, 0.2) is 0 Å². The van der Waals surface area contributed by atoms with Gasteiger partial charge in [0.25, 0.3) is 0 Å². The lowest BCUT2D eigenvalue weighted by molar-refractivity contribution is 0.210. The largest absolute Gasteiger partial charge is 0.394 e. The summed E-state index contributed by atoms with van der Waals surface area (Å²) in [6.07, 6.45) is 0.826. The first-order valence-corrected chi connectivity index (χ1v) is 5.41. The van der Waals surface area contributed by atoms with Crippen molar-refractivity contribution in [2.45, 2.75) is 12.0 Å². The van der Waals surface area contributed by atoms with Gasteiger partial charge in [0, 0.05) is 23.8 Å². The lowest BCUT2D eigenvalue weighted by atomic mass is 10.0. The summed E-state index contributed by atoms with van der Waals surface area (Å²) < 4.78 is 0. The topological polar surface area (TPSA) is 49.5 Å². The van der Waals surface area contributed by atoms with Crippen LogP contribution in [-0.4, -0.2) is 30.3 Å². The molecule has 1 atom stereocenters. The summed E-state index contributed by atoms with van der Waals surface area (Å²) in [5, 5.41) is 9.90. The van der Waals surface area contributed by atoms with Crippen LogP contribution in [0.25, 0.3) is 0 Å². The molecular weight excluding hydrogens is 212 g/mol. The molecule has 1 aliphatic heterocycles. The molecule has 0 aliphatic carbocycles. The molecule has 0 aromatic heterocycles. The molecule has 1 aromatic carbocycles. The molecule has 0 radical (unpaired) electrons. The van der Waals surface area contributed by atoms with E-state index in [0.717, 1.165) is 23.7 Å². The van der Waals surface area contributed by atoms with Gasteiger partial charge in [0.05, 0.1) is 12.1 Å². The molecule has 0 saturated carbocycles. The van der Waals surface area contributed by atoms with Crippen molar-refractivity contribution in [3.63, 3.8) is 0 Å². The fourth-order valence-corrected chi connectivity index (χ4v) is 2.02.